The zero-order valence-corrected chi connectivity index (χ0v) is 10.2. The van der Waals surface area contributed by atoms with E-state index in [2.05, 4.69) is 5.10 Å². The maximum atomic E-state index is 7.33. The Morgan fingerprint density at radius 1 is 1.53 bits per heavy atom. The second-order valence-electron chi connectivity index (χ2n) is 3.94. The van der Waals surface area contributed by atoms with Gasteiger partial charge in [-0.05, 0) is 24.1 Å². The van der Waals surface area contributed by atoms with Crippen molar-refractivity contribution in [3.05, 3.63) is 52.3 Å². The van der Waals surface area contributed by atoms with Gasteiger partial charge in [-0.2, -0.15) is 5.10 Å². The number of amidine groups is 1. The van der Waals surface area contributed by atoms with Gasteiger partial charge in [-0.1, -0.05) is 23.7 Å². The molecule has 0 saturated heterocycles. The predicted octanol–water partition coefficient (Wildman–Crippen LogP) is 2.18. The number of nitrogens with zero attached hydrogens (tertiary/aromatic N) is 2. The lowest BCUT2D eigenvalue weighted by Gasteiger charge is -2.06. The van der Waals surface area contributed by atoms with Crippen LogP contribution in [-0.4, -0.2) is 15.6 Å². The third-order valence-corrected chi connectivity index (χ3v) is 2.81. The Kier molecular flexibility index (Phi) is 3.15. The van der Waals surface area contributed by atoms with Crippen LogP contribution < -0.4 is 5.73 Å². The summed E-state index contributed by atoms with van der Waals surface area (Å²) in [7, 11) is 0. The summed E-state index contributed by atoms with van der Waals surface area (Å²) in [5.74, 6) is 0.0217. The predicted molar refractivity (Wildman–Crippen MR) is 68.5 cm³/mol. The van der Waals surface area contributed by atoms with Crippen molar-refractivity contribution in [3.63, 3.8) is 0 Å². The molecule has 5 heteroatoms. The van der Waals surface area contributed by atoms with Crippen LogP contribution in [0.2, 0.25) is 5.02 Å². The second kappa shape index (κ2) is 4.59. The Labute approximate surface area is 105 Å². The molecule has 0 unspecified atom stereocenters. The van der Waals surface area contributed by atoms with E-state index < -0.39 is 0 Å². The van der Waals surface area contributed by atoms with Gasteiger partial charge in [0.25, 0.3) is 0 Å². The number of hydrogen-bond acceptors (Lipinski definition) is 2. The second-order valence-corrected chi connectivity index (χ2v) is 4.34. The van der Waals surface area contributed by atoms with E-state index >= 15 is 0 Å². The van der Waals surface area contributed by atoms with Crippen molar-refractivity contribution in [1.82, 2.24) is 9.78 Å². The summed E-state index contributed by atoms with van der Waals surface area (Å²) < 4.78 is 1.82. The van der Waals surface area contributed by atoms with Gasteiger partial charge in [0, 0.05) is 16.8 Å². The van der Waals surface area contributed by atoms with Gasteiger partial charge < -0.3 is 5.73 Å². The standard InChI is InChI=1S/C12H13ClN4/c1-8-5-16-17(6-8)7-10-3-2-9(12(14)15)4-11(10)13/h2-6H,7H2,1H3,(H3,14,15). The molecule has 1 aromatic heterocycles. The fourth-order valence-electron chi connectivity index (χ4n) is 1.57. The highest BCUT2D eigenvalue weighted by molar-refractivity contribution is 6.31. The third-order valence-electron chi connectivity index (χ3n) is 2.46. The summed E-state index contributed by atoms with van der Waals surface area (Å²) in [4.78, 5) is 0. The van der Waals surface area contributed by atoms with Crippen molar-refractivity contribution in [3.8, 4) is 0 Å². The minimum Gasteiger partial charge on any atom is -0.384 e. The average molecular weight is 249 g/mol. The minimum atomic E-state index is 0.0217. The molecule has 3 N–H and O–H groups in total. The molecule has 2 aromatic rings. The number of aromatic nitrogens is 2. The van der Waals surface area contributed by atoms with Crippen LogP contribution in [0.25, 0.3) is 0 Å². The van der Waals surface area contributed by atoms with E-state index in [0.717, 1.165) is 11.1 Å². The topological polar surface area (TPSA) is 67.7 Å². The van der Waals surface area contributed by atoms with Crippen LogP contribution in [0.3, 0.4) is 0 Å². The molecule has 0 spiro atoms. The van der Waals surface area contributed by atoms with Gasteiger partial charge in [0.15, 0.2) is 0 Å². The molecule has 0 radical (unpaired) electrons. The number of nitrogen functional groups attached to an aromatic ring is 1. The molecule has 0 aliphatic heterocycles. The largest absolute Gasteiger partial charge is 0.384 e. The summed E-state index contributed by atoms with van der Waals surface area (Å²) in [6, 6.07) is 5.37. The third kappa shape index (κ3) is 2.65. The van der Waals surface area contributed by atoms with Crippen molar-refractivity contribution < 1.29 is 0 Å². The van der Waals surface area contributed by atoms with Crippen LogP contribution in [0, 0.1) is 12.3 Å². The Balaban J connectivity index is 2.25. The maximum Gasteiger partial charge on any atom is 0.122 e. The van der Waals surface area contributed by atoms with E-state index in [1.807, 2.05) is 23.9 Å². The Morgan fingerprint density at radius 3 is 2.82 bits per heavy atom. The number of rotatable bonds is 3. The lowest BCUT2D eigenvalue weighted by molar-refractivity contribution is 0.686. The van der Waals surface area contributed by atoms with Gasteiger partial charge in [0.05, 0.1) is 12.7 Å². The van der Waals surface area contributed by atoms with E-state index in [1.54, 1.807) is 18.3 Å². The highest BCUT2D eigenvalue weighted by atomic mass is 35.5. The zero-order chi connectivity index (χ0) is 12.4. The van der Waals surface area contributed by atoms with Crippen LogP contribution in [0.15, 0.2) is 30.6 Å². The first-order valence-electron chi connectivity index (χ1n) is 5.18. The number of nitrogens with two attached hydrogens (primary N) is 1. The molecule has 88 valence electrons. The molecule has 2 rings (SSSR count). The van der Waals surface area contributed by atoms with Gasteiger partial charge in [0.2, 0.25) is 0 Å². The quantitative estimate of drug-likeness (QED) is 0.646. The van der Waals surface area contributed by atoms with E-state index in [-0.39, 0.29) is 5.84 Å². The molecular formula is C12H13ClN4. The highest BCUT2D eigenvalue weighted by Gasteiger charge is 2.05. The molecule has 4 nitrogen and oxygen atoms in total. The summed E-state index contributed by atoms with van der Waals surface area (Å²) in [5, 5.41) is 12.1. The van der Waals surface area contributed by atoms with E-state index in [4.69, 9.17) is 22.7 Å². The summed E-state index contributed by atoms with van der Waals surface area (Å²) in [6.45, 7) is 2.61. The highest BCUT2D eigenvalue weighted by Crippen LogP contribution is 2.18. The maximum absolute atomic E-state index is 7.33. The fourth-order valence-corrected chi connectivity index (χ4v) is 1.81. The van der Waals surface area contributed by atoms with Crippen LogP contribution >= 0.6 is 11.6 Å². The van der Waals surface area contributed by atoms with Crippen molar-refractivity contribution in [2.75, 3.05) is 0 Å². The zero-order valence-electron chi connectivity index (χ0n) is 9.44. The monoisotopic (exact) mass is 248 g/mol. The minimum absolute atomic E-state index is 0.0217. The smallest absolute Gasteiger partial charge is 0.122 e. The SMILES string of the molecule is Cc1cnn(Cc2ccc(C(=N)N)cc2Cl)c1. The molecule has 1 aromatic carbocycles. The van der Waals surface area contributed by atoms with Crippen molar-refractivity contribution in [2.24, 2.45) is 5.73 Å². The van der Waals surface area contributed by atoms with Gasteiger partial charge in [-0.25, -0.2) is 0 Å². The van der Waals surface area contributed by atoms with E-state index in [0.29, 0.717) is 17.1 Å². The first-order valence-corrected chi connectivity index (χ1v) is 5.56. The normalized spacial score (nSPS) is 10.5. The van der Waals surface area contributed by atoms with Crippen LogP contribution in [0.1, 0.15) is 16.7 Å². The Bertz CT molecular complexity index is 559. The molecule has 0 atom stereocenters. The number of benzene rings is 1. The Hall–Kier alpha value is -1.81. The van der Waals surface area contributed by atoms with Gasteiger partial charge in [0.1, 0.15) is 5.84 Å². The fraction of sp³-hybridized carbons (Fsp3) is 0.167. The molecule has 17 heavy (non-hydrogen) atoms. The number of hydrogen-bond donors (Lipinski definition) is 2. The van der Waals surface area contributed by atoms with Gasteiger partial charge >= 0.3 is 0 Å². The number of nitrogens with one attached hydrogen (secondary N) is 1. The van der Waals surface area contributed by atoms with Crippen molar-refractivity contribution in [2.45, 2.75) is 13.5 Å². The lowest BCUT2D eigenvalue weighted by Crippen LogP contribution is -2.11. The summed E-state index contributed by atoms with van der Waals surface area (Å²) >= 11 is 6.14. The van der Waals surface area contributed by atoms with E-state index in [1.165, 1.54) is 0 Å². The van der Waals surface area contributed by atoms with Crippen molar-refractivity contribution >= 4 is 17.4 Å². The number of halogens is 1. The van der Waals surface area contributed by atoms with Crippen LogP contribution in [0.4, 0.5) is 0 Å². The molecular weight excluding hydrogens is 236 g/mol. The average Bonchev–Trinajstić information content (AvgIpc) is 2.67. The lowest BCUT2D eigenvalue weighted by atomic mass is 10.1. The first-order chi connectivity index (χ1) is 8.06. The first kappa shape index (κ1) is 11.7. The molecule has 0 saturated carbocycles. The van der Waals surface area contributed by atoms with Crippen LogP contribution in [0.5, 0.6) is 0 Å². The van der Waals surface area contributed by atoms with E-state index in [9.17, 15) is 0 Å². The summed E-state index contributed by atoms with van der Waals surface area (Å²) in [6.07, 6.45) is 3.76. The molecule has 1 heterocycles. The molecule has 0 aliphatic rings. The molecule has 0 bridgehead atoms. The molecule has 0 amide bonds. The Morgan fingerprint density at radius 2 is 2.29 bits per heavy atom. The van der Waals surface area contributed by atoms with Crippen LogP contribution in [-0.2, 0) is 6.54 Å². The molecule has 0 fully saturated rings. The molecule has 0 aliphatic carbocycles. The van der Waals surface area contributed by atoms with Gasteiger partial charge in [-0.15, -0.1) is 0 Å². The van der Waals surface area contributed by atoms with Crippen molar-refractivity contribution in [1.29, 1.82) is 5.41 Å². The van der Waals surface area contributed by atoms with Gasteiger partial charge in [-0.3, -0.25) is 10.1 Å². The number of aryl methyl sites for hydroxylation is 1. The summed E-state index contributed by atoms with van der Waals surface area (Å²) in [5.41, 5.74) is 8.10.